The summed E-state index contributed by atoms with van der Waals surface area (Å²) in [6.07, 6.45) is 1.63. The van der Waals surface area contributed by atoms with E-state index >= 15 is 0 Å². The molecule has 0 radical (unpaired) electrons. The van der Waals surface area contributed by atoms with Gasteiger partial charge in [-0.1, -0.05) is 6.92 Å². The molecule has 0 bridgehead atoms. The number of aromatic amines is 1. The van der Waals surface area contributed by atoms with Gasteiger partial charge in [-0.05, 0) is 13.0 Å². The fourth-order valence-electron chi connectivity index (χ4n) is 1.90. The Bertz CT molecular complexity index is 537. The molecule has 0 aliphatic rings. The van der Waals surface area contributed by atoms with E-state index in [1.165, 1.54) is 0 Å². The number of nitrogens with zero attached hydrogens (tertiary/aromatic N) is 3. The zero-order valence-corrected chi connectivity index (χ0v) is 10.8. The average molecular weight is 247 g/mol. The number of anilines is 1. The number of imidazole rings is 1. The lowest BCUT2D eigenvalue weighted by atomic mass is 10.1. The predicted octanol–water partition coefficient (Wildman–Crippen LogP) is 1.51. The van der Waals surface area contributed by atoms with Crippen LogP contribution in [0.1, 0.15) is 24.4 Å². The number of hydrogen-bond acceptors (Lipinski definition) is 5. The molecule has 18 heavy (non-hydrogen) atoms. The van der Waals surface area contributed by atoms with E-state index in [0.29, 0.717) is 6.61 Å². The maximum absolute atomic E-state index is 5.60. The second kappa shape index (κ2) is 5.14. The van der Waals surface area contributed by atoms with Crippen LogP contribution >= 0.6 is 0 Å². The molecule has 1 atom stereocenters. The fourth-order valence-corrected chi connectivity index (χ4v) is 1.90. The number of ether oxygens (including phenoxy) is 1. The van der Waals surface area contributed by atoms with Gasteiger partial charge in [-0.15, -0.1) is 0 Å². The van der Waals surface area contributed by atoms with Gasteiger partial charge >= 0.3 is 0 Å². The molecule has 0 aliphatic heterocycles. The van der Waals surface area contributed by atoms with Gasteiger partial charge in [0.25, 0.3) is 0 Å². The molecule has 6 nitrogen and oxygen atoms in total. The lowest BCUT2D eigenvalue weighted by molar-refractivity contribution is 0.183. The SMILES string of the molecule is COCC(C)c1[nH]c(C)nc1-c1ccnc(N)n1. The number of hydrogen-bond donors (Lipinski definition) is 2. The summed E-state index contributed by atoms with van der Waals surface area (Å²) in [7, 11) is 1.68. The standard InChI is InChI=1S/C12H17N5O/c1-7(6-18-3)10-11(16-8(2)15-10)9-4-5-14-12(13)17-9/h4-5,7H,6H2,1-3H3,(H,15,16)(H2,13,14,17). The lowest BCUT2D eigenvalue weighted by Gasteiger charge is -2.10. The minimum atomic E-state index is 0.211. The van der Waals surface area contributed by atoms with Crippen molar-refractivity contribution in [2.75, 3.05) is 19.5 Å². The molecule has 0 fully saturated rings. The highest BCUT2D eigenvalue weighted by molar-refractivity contribution is 5.59. The first-order valence-corrected chi connectivity index (χ1v) is 5.76. The zero-order valence-electron chi connectivity index (χ0n) is 10.8. The summed E-state index contributed by atoms with van der Waals surface area (Å²) in [6.45, 7) is 4.61. The van der Waals surface area contributed by atoms with E-state index in [4.69, 9.17) is 10.5 Å². The van der Waals surface area contributed by atoms with E-state index in [1.54, 1.807) is 19.4 Å². The van der Waals surface area contributed by atoms with E-state index in [9.17, 15) is 0 Å². The van der Waals surface area contributed by atoms with Gasteiger partial charge in [0, 0.05) is 24.9 Å². The van der Waals surface area contributed by atoms with Crippen LogP contribution in [0, 0.1) is 6.92 Å². The number of methoxy groups -OCH3 is 1. The second-order valence-electron chi connectivity index (χ2n) is 4.24. The molecule has 1 unspecified atom stereocenters. The number of aromatic nitrogens is 4. The van der Waals surface area contributed by atoms with Crippen molar-refractivity contribution in [3.63, 3.8) is 0 Å². The Balaban J connectivity index is 2.44. The summed E-state index contributed by atoms with van der Waals surface area (Å²) in [5.41, 5.74) is 8.15. The average Bonchev–Trinajstić information content (AvgIpc) is 2.72. The third-order valence-electron chi connectivity index (χ3n) is 2.68. The molecule has 0 saturated carbocycles. The molecule has 0 aromatic carbocycles. The van der Waals surface area contributed by atoms with Gasteiger partial charge in [0.05, 0.1) is 12.3 Å². The maximum atomic E-state index is 5.60. The summed E-state index contributed by atoms with van der Waals surface area (Å²) in [6, 6.07) is 1.80. The third kappa shape index (κ3) is 2.48. The van der Waals surface area contributed by atoms with Gasteiger partial charge in [0.2, 0.25) is 5.95 Å². The molecule has 2 aromatic rings. The molecule has 0 spiro atoms. The monoisotopic (exact) mass is 247 g/mol. The molecular weight excluding hydrogens is 230 g/mol. The first-order valence-electron chi connectivity index (χ1n) is 5.76. The van der Waals surface area contributed by atoms with Crippen molar-refractivity contribution in [1.29, 1.82) is 0 Å². The number of nitrogens with two attached hydrogens (primary N) is 1. The van der Waals surface area contributed by atoms with Crippen LogP contribution in [0.3, 0.4) is 0 Å². The Labute approximate surface area is 106 Å². The lowest BCUT2D eigenvalue weighted by Crippen LogP contribution is -2.05. The summed E-state index contributed by atoms with van der Waals surface area (Å²) in [5, 5.41) is 0. The first kappa shape index (κ1) is 12.5. The van der Waals surface area contributed by atoms with Crippen LogP contribution in [0.4, 0.5) is 5.95 Å². The number of aryl methyl sites for hydroxylation is 1. The van der Waals surface area contributed by atoms with E-state index in [-0.39, 0.29) is 11.9 Å². The van der Waals surface area contributed by atoms with Gasteiger partial charge in [-0.25, -0.2) is 15.0 Å². The van der Waals surface area contributed by atoms with Gasteiger partial charge < -0.3 is 15.5 Å². The fraction of sp³-hybridized carbons (Fsp3) is 0.417. The quantitative estimate of drug-likeness (QED) is 0.854. The normalized spacial score (nSPS) is 12.6. The molecule has 3 N–H and O–H groups in total. The highest BCUT2D eigenvalue weighted by Gasteiger charge is 2.17. The Morgan fingerprint density at radius 3 is 2.89 bits per heavy atom. The molecule has 2 heterocycles. The summed E-state index contributed by atoms with van der Waals surface area (Å²) < 4.78 is 5.18. The van der Waals surface area contributed by atoms with Crippen molar-refractivity contribution in [3.05, 3.63) is 23.8 Å². The minimum Gasteiger partial charge on any atom is -0.384 e. The van der Waals surface area contributed by atoms with Crippen molar-refractivity contribution < 1.29 is 4.74 Å². The minimum absolute atomic E-state index is 0.211. The Morgan fingerprint density at radius 2 is 2.22 bits per heavy atom. The summed E-state index contributed by atoms with van der Waals surface area (Å²) >= 11 is 0. The molecule has 0 amide bonds. The van der Waals surface area contributed by atoms with Crippen molar-refractivity contribution in [2.24, 2.45) is 0 Å². The van der Waals surface area contributed by atoms with Crippen LogP contribution in [0.15, 0.2) is 12.3 Å². The van der Waals surface area contributed by atoms with Crippen molar-refractivity contribution in [2.45, 2.75) is 19.8 Å². The summed E-state index contributed by atoms with van der Waals surface area (Å²) in [5.74, 6) is 1.31. The number of nitrogens with one attached hydrogen (secondary N) is 1. The number of rotatable bonds is 4. The smallest absolute Gasteiger partial charge is 0.220 e. The van der Waals surface area contributed by atoms with Crippen LogP contribution in [-0.4, -0.2) is 33.7 Å². The topological polar surface area (TPSA) is 89.7 Å². The van der Waals surface area contributed by atoms with Gasteiger partial charge in [0.15, 0.2) is 0 Å². The first-order chi connectivity index (χ1) is 8.61. The molecule has 2 rings (SSSR count). The van der Waals surface area contributed by atoms with Crippen LogP contribution in [0.25, 0.3) is 11.4 Å². The molecule has 2 aromatic heterocycles. The predicted molar refractivity (Wildman–Crippen MR) is 69.1 cm³/mol. The van der Waals surface area contributed by atoms with Crippen LogP contribution in [0.5, 0.6) is 0 Å². The van der Waals surface area contributed by atoms with E-state index in [2.05, 4.69) is 26.9 Å². The van der Waals surface area contributed by atoms with E-state index < -0.39 is 0 Å². The van der Waals surface area contributed by atoms with E-state index in [0.717, 1.165) is 22.9 Å². The number of nitrogen functional groups attached to an aromatic ring is 1. The van der Waals surface area contributed by atoms with Crippen LogP contribution in [0.2, 0.25) is 0 Å². The molecular formula is C12H17N5O. The second-order valence-corrected chi connectivity index (χ2v) is 4.24. The van der Waals surface area contributed by atoms with Crippen LogP contribution < -0.4 is 5.73 Å². The summed E-state index contributed by atoms with van der Waals surface area (Å²) in [4.78, 5) is 15.8. The Kier molecular flexibility index (Phi) is 3.57. The van der Waals surface area contributed by atoms with Crippen LogP contribution in [-0.2, 0) is 4.74 Å². The van der Waals surface area contributed by atoms with Gasteiger partial charge in [-0.3, -0.25) is 0 Å². The van der Waals surface area contributed by atoms with Gasteiger partial charge in [0.1, 0.15) is 11.5 Å². The van der Waals surface area contributed by atoms with Crippen molar-refractivity contribution >= 4 is 5.95 Å². The zero-order chi connectivity index (χ0) is 13.1. The highest BCUT2D eigenvalue weighted by atomic mass is 16.5. The van der Waals surface area contributed by atoms with Crippen molar-refractivity contribution in [1.82, 2.24) is 19.9 Å². The van der Waals surface area contributed by atoms with E-state index in [1.807, 2.05) is 6.92 Å². The van der Waals surface area contributed by atoms with Crippen molar-refractivity contribution in [3.8, 4) is 11.4 Å². The third-order valence-corrected chi connectivity index (χ3v) is 2.68. The van der Waals surface area contributed by atoms with Gasteiger partial charge in [-0.2, -0.15) is 0 Å². The molecule has 0 aliphatic carbocycles. The largest absolute Gasteiger partial charge is 0.384 e. The Hall–Kier alpha value is -1.95. The highest BCUT2D eigenvalue weighted by Crippen LogP contribution is 2.26. The number of H-pyrrole nitrogens is 1. The molecule has 6 heteroatoms. The molecule has 0 saturated heterocycles. The Morgan fingerprint density at radius 1 is 1.44 bits per heavy atom. The molecule has 96 valence electrons. The maximum Gasteiger partial charge on any atom is 0.220 e.